The summed E-state index contributed by atoms with van der Waals surface area (Å²) in [5.74, 6) is 1.46. The smallest absolute Gasteiger partial charge is 0.358 e. The van der Waals surface area contributed by atoms with Crippen molar-refractivity contribution < 1.29 is 14.6 Å². The molecule has 3 fully saturated rings. The molecule has 0 aromatic heterocycles. The van der Waals surface area contributed by atoms with Crippen LogP contribution in [-0.4, -0.2) is 22.0 Å². The van der Waals surface area contributed by atoms with Crippen LogP contribution in [-0.2, 0) is 4.74 Å². The Kier molecular flexibility index (Phi) is 3.85. The van der Waals surface area contributed by atoms with Crippen molar-refractivity contribution in [1.82, 2.24) is 0 Å². The topological polar surface area (TPSA) is 38.7 Å². The molecule has 0 aliphatic heterocycles. The van der Waals surface area contributed by atoms with Gasteiger partial charge < -0.3 is 14.6 Å². The Hall–Kier alpha value is -1.13. The highest BCUT2D eigenvalue weighted by atomic mass is 32.1. The van der Waals surface area contributed by atoms with Crippen LogP contribution in [0.2, 0.25) is 0 Å². The summed E-state index contributed by atoms with van der Waals surface area (Å²) in [5.41, 5.74) is -0.287. The summed E-state index contributed by atoms with van der Waals surface area (Å²) in [6.07, 6.45) is 8.54. The molecular formula is C19H24O3S. The molecule has 2 bridgehead atoms. The Morgan fingerprint density at radius 3 is 2.78 bits per heavy atom. The molecular weight excluding hydrogens is 308 g/mol. The van der Waals surface area contributed by atoms with E-state index in [9.17, 15) is 5.11 Å². The predicted octanol–water partition coefficient (Wildman–Crippen LogP) is 4.23. The van der Waals surface area contributed by atoms with E-state index < -0.39 is 5.60 Å². The molecule has 1 N–H and O–H groups in total. The number of benzene rings is 1. The van der Waals surface area contributed by atoms with Crippen LogP contribution in [0.1, 0.15) is 51.4 Å². The first-order valence-corrected chi connectivity index (χ1v) is 9.14. The van der Waals surface area contributed by atoms with E-state index >= 15 is 0 Å². The number of rotatable bonds is 2. The summed E-state index contributed by atoms with van der Waals surface area (Å²) in [6, 6.07) is 9.49. The minimum Gasteiger partial charge on any atom is -0.453 e. The Morgan fingerprint density at radius 2 is 1.96 bits per heavy atom. The van der Waals surface area contributed by atoms with Crippen LogP contribution in [0.4, 0.5) is 0 Å². The third-order valence-electron chi connectivity index (χ3n) is 6.18. The zero-order valence-corrected chi connectivity index (χ0v) is 14.2. The van der Waals surface area contributed by atoms with Crippen molar-refractivity contribution >= 4 is 17.5 Å². The maximum atomic E-state index is 11.0. The molecule has 1 spiro atoms. The molecule has 1 aromatic carbocycles. The van der Waals surface area contributed by atoms with E-state index in [-0.39, 0.29) is 16.8 Å². The van der Waals surface area contributed by atoms with E-state index in [0.29, 0.717) is 12.2 Å². The lowest BCUT2D eigenvalue weighted by molar-refractivity contribution is -0.140. The summed E-state index contributed by atoms with van der Waals surface area (Å²) >= 11 is 5.28. The second-order valence-corrected chi connectivity index (χ2v) is 8.04. The Morgan fingerprint density at radius 1 is 1.13 bits per heavy atom. The van der Waals surface area contributed by atoms with Gasteiger partial charge in [-0.1, -0.05) is 24.6 Å². The van der Waals surface area contributed by atoms with E-state index in [2.05, 4.69) is 0 Å². The van der Waals surface area contributed by atoms with Crippen molar-refractivity contribution in [2.24, 2.45) is 11.3 Å². The SMILES string of the molecule is O[C@@]12CC[C@@H]3CCC[C@]3(CC(OC(=S)Oc3ccccc3)C1)C2. The lowest BCUT2D eigenvalue weighted by Crippen LogP contribution is -2.53. The largest absolute Gasteiger partial charge is 0.453 e. The lowest BCUT2D eigenvalue weighted by Gasteiger charge is -2.53. The molecule has 23 heavy (non-hydrogen) atoms. The van der Waals surface area contributed by atoms with E-state index in [4.69, 9.17) is 21.7 Å². The Bertz CT molecular complexity index is 590. The number of hydrogen-bond donors (Lipinski definition) is 1. The van der Waals surface area contributed by atoms with Crippen LogP contribution in [0.3, 0.4) is 0 Å². The highest BCUT2D eigenvalue weighted by Crippen LogP contribution is 2.61. The zero-order valence-electron chi connectivity index (χ0n) is 13.4. The average molecular weight is 332 g/mol. The van der Waals surface area contributed by atoms with E-state index in [1.807, 2.05) is 30.3 Å². The van der Waals surface area contributed by atoms with Gasteiger partial charge in [-0.2, -0.15) is 0 Å². The molecule has 4 rings (SSSR count). The minimum atomic E-state index is -0.563. The molecule has 0 heterocycles. The summed E-state index contributed by atoms with van der Waals surface area (Å²) < 4.78 is 11.6. The molecule has 4 heteroatoms. The van der Waals surface area contributed by atoms with E-state index in [1.165, 1.54) is 25.7 Å². The van der Waals surface area contributed by atoms with Gasteiger partial charge in [-0.3, -0.25) is 0 Å². The van der Waals surface area contributed by atoms with Gasteiger partial charge in [0, 0.05) is 18.6 Å². The summed E-state index contributed by atoms with van der Waals surface area (Å²) in [7, 11) is 0. The molecule has 0 saturated heterocycles. The van der Waals surface area contributed by atoms with Gasteiger partial charge in [0.1, 0.15) is 11.9 Å². The first-order chi connectivity index (χ1) is 11.1. The van der Waals surface area contributed by atoms with Crippen LogP contribution in [0.15, 0.2) is 30.3 Å². The maximum absolute atomic E-state index is 11.0. The van der Waals surface area contributed by atoms with Crippen LogP contribution >= 0.6 is 12.2 Å². The number of fused-ring (bicyclic) bond motifs is 1. The molecule has 0 amide bonds. The van der Waals surface area contributed by atoms with Gasteiger partial charge in [0.25, 0.3) is 0 Å². The second kappa shape index (κ2) is 5.75. The number of thiocarbonyl (C=S) groups is 1. The molecule has 1 aromatic rings. The fourth-order valence-corrected chi connectivity index (χ4v) is 5.61. The van der Waals surface area contributed by atoms with Gasteiger partial charge in [-0.25, -0.2) is 0 Å². The third kappa shape index (κ3) is 2.99. The number of aliphatic hydroxyl groups is 1. The number of hydrogen-bond acceptors (Lipinski definition) is 4. The van der Waals surface area contributed by atoms with Gasteiger partial charge in [-0.15, -0.1) is 0 Å². The van der Waals surface area contributed by atoms with Gasteiger partial charge in [0.15, 0.2) is 0 Å². The minimum absolute atomic E-state index is 0.0223. The monoisotopic (exact) mass is 332 g/mol. The first-order valence-electron chi connectivity index (χ1n) is 8.73. The summed E-state index contributed by atoms with van der Waals surface area (Å²) in [6.45, 7) is 0. The molecule has 0 radical (unpaired) electrons. The molecule has 4 atom stereocenters. The molecule has 124 valence electrons. The molecule has 3 aliphatic rings. The normalized spacial score (nSPS) is 38.7. The fourth-order valence-electron chi connectivity index (χ4n) is 5.37. The lowest BCUT2D eigenvalue weighted by atomic mass is 9.55. The van der Waals surface area contributed by atoms with Gasteiger partial charge in [0.2, 0.25) is 0 Å². The number of ether oxygens (including phenoxy) is 2. The van der Waals surface area contributed by atoms with Crippen molar-refractivity contribution in [2.45, 2.75) is 63.1 Å². The molecule has 1 unspecified atom stereocenters. The highest BCUT2D eigenvalue weighted by molar-refractivity contribution is 7.79. The van der Waals surface area contributed by atoms with Gasteiger partial charge in [0.05, 0.1) is 5.60 Å². The van der Waals surface area contributed by atoms with E-state index in [1.54, 1.807) is 0 Å². The van der Waals surface area contributed by atoms with Gasteiger partial charge in [-0.05, 0) is 62.0 Å². The number of para-hydroxylation sites is 1. The van der Waals surface area contributed by atoms with Gasteiger partial charge >= 0.3 is 5.24 Å². The van der Waals surface area contributed by atoms with Crippen molar-refractivity contribution in [2.75, 3.05) is 0 Å². The van der Waals surface area contributed by atoms with Crippen LogP contribution in [0, 0.1) is 11.3 Å². The van der Waals surface area contributed by atoms with Crippen LogP contribution in [0.5, 0.6) is 5.75 Å². The summed E-state index contributed by atoms with van der Waals surface area (Å²) in [5, 5.41) is 11.1. The fraction of sp³-hybridized carbons (Fsp3) is 0.632. The Balaban J connectivity index is 1.44. The van der Waals surface area contributed by atoms with Crippen LogP contribution < -0.4 is 4.74 Å². The zero-order chi connectivity index (χ0) is 15.9. The molecule has 3 nitrogen and oxygen atoms in total. The summed E-state index contributed by atoms with van der Waals surface area (Å²) in [4.78, 5) is 0. The maximum Gasteiger partial charge on any atom is 0.358 e. The standard InChI is InChI=1S/C19H24O3S/c20-19-10-8-14-5-4-9-18(14,13-19)11-16(12-19)22-17(23)21-15-6-2-1-3-7-15/h1-3,6-7,14,16,20H,4-5,8-13H2/t14-,16?,18-,19-/m0/s1. The third-order valence-corrected chi connectivity index (χ3v) is 6.36. The first kappa shape index (κ1) is 15.4. The quantitative estimate of drug-likeness (QED) is 0.823. The van der Waals surface area contributed by atoms with Crippen molar-refractivity contribution in [3.63, 3.8) is 0 Å². The van der Waals surface area contributed by atoms with Crippen molar-refractivity contribution in [3.8, 4) is 5.75 Å². The second-order valence-electron chi connectivity index (χ2n) is 7.70. The molecule has 3 saturated carbocycles. The van der Waals surface area contributed by atoms with Crippen molar-refractivity contribution in [1.29, 1.82) is 0 Å². The predicted molar refractivity (Wildman–Crippen MR) is 92.3 cm³/mol. The van der Waals surface area contributed by atoms with E-state index in [0.717, 1.165) is 25.2 Å². The van der Waals surface area contributed by atoms with Crippen LogP contribution in [0.25, 0.3) is 0 Å². The average Bonchev–Trinajstić information content (AvgIpc) is 2.87. The molecule has 3 aliphatic carbocycles. The van der Waals surface area contributed by atoms with Crippen molar-refractivity contribution in [3.05, 3.63) is 30.3 Å². The Labute approximate surface area is 143 Å². The highest BCUT2D eigenvalue weighted by Gasteiger charge is 2.56.